The minimum Gasteiger partial charge on any atom is -0.310 e. The molecule has 10 rings (SSSR count). The molecule has 0 aliphatic carbocycles. The predicted octanol–water partition coefficient (Wildman–Crippen LogP) is 15.3. The monoisotopic (exact) mass is 699 g/mol. The maximum Gasteiger partial charge on any atom is 0.0540 e. The van der Waals surface area contributed by atoms with Gasteiger partial charge in [-0.05, 0) is 108 Å². The highest BCUT2D eigenvalue weighted by Gasteiger charge is 2.20. The zero-order valence-electron chi connectivity index (χ0n) is 30.3. The molecule has 0 aromatic heterocycles. The first-order chi connectivity index (χ1) is 27.3. The van der Waals surface area contributed by atoms with Crippen molar-refractivity contribution in [3.05, 3.63) is 224 Å². The topological polar surface area (TPSA) is 3.24 Å². The van der Waals surface area contributed by atoms with Crippen LogP contribution in [0.3, 0.4) is 0 Å². The number of benzene rings is 10. The summed E-state index contributed by atoms with van der Waals surface area (Å²) < 4.78 is 0. The average molecular weight is 700 g/mol. The molecular weight excluding hydrogens is 663 g/mol. The van der Waals surface area contributed by atoms with Gasteiger partial charge in [-0.25, -0.2) is 0 Å². The lowest BCUT2D eigenvalue weighted by Gasteiger charge is -2.29. The number of hydrogen-bond acceptors (Lipinski definition) is 1. The maximum atomic E-state index is 2.44. The second-order valence-corrected chi connectivity index (χ2v) is 14.1. The van der Waals surface area contributed by atoms with Crippen LogP contribution in [0.2, 0.25) is 0 Å². The molecule has 0 heterocycles. The molecule has 0 saturated carbocycles. The zero-order chi connectivity index (χ0) is 36.6. The van der Waals surface area contributed by atoms with Crippen molar-refractivity contribution >= 4 is 49.4 Å². The molecule has 0 unspecified atom stereocenters. The predicted molar refractivity (Wildman–Crippen MR) is 235 cm³/mol. The molecule has 0 spiro atoms. The van der Waals surface area contributed by atoms with Gasteiger partial charge in [-0.2, -0.15) is 0 Å². The first-order valence-electron chi connectivity index (χ1n) is 18.9. The average Bonchev–Trinajstić information content (AvgIpc) is 3.27. The Morgan fingerprint density at radius 1 is 0.236 bits per heavy atom. The molecule has 0 aliphatic heterocycles. The van der Waals surface area contributed by atoms with E-state index in [1.54, 1.807) is 0 Å². The van der Waals surface area contributed by atoms with E-state index >= 15 is 0 Å². The van der Waals surface area contributed by atoms with Crippen LogP contribution in [0.1, 0.15) is 0 Å². The highest BCUT2D eigenvalue weighted by Crippen LogP contribution is 2.45. The molecule has 0 saturated heterocycles. The molecule has 55 heavy (non-hydrogen) atoms. The van der Waals surface area contributed by atoms with Gasteiger partial charge in [0, 0.05) is 16.9 Å². The maximum absolute atomic E-state index is 2.44. The van der Waals surface area contributed by atoms with Gasteiger partial charge in [0.15, 0.2) is 0 Å². The van der Waals surface area contributed by atoms with Gasteiger partial charge in [0.05, 0.1) is 5.69 Å². The summed E-state index contributed by atoms with van der Waals surface area (Å²) in [6.45, 7) is 0. The normalized spacial score (nSPS) is 11.3. The molecule has 1 nitrogen and oxygen atoms in total. The van der Waals surface area contributed by atoms with E-state index in [1.165, 1.54) is 76.8 Å². The van der Waals surface area contributed by atoms with Crippen LogP contribution in [0.4, 0.5) is 17.1 Å². The Bertz CT molecular complexity index is 2960. The second kappa shape index (κ2) is 14.0. The Morgan fingerprint density at radius 2 is 0.745 bits per heavy atom. The van der Waals surface area contributed by atoms with Crippen molar-refractivity contribution < 1.29 is 0 Å². The fraction of sp³-hybridized carbons (Fsp3) is 0. The first-order valence-corrected chi connectivity index (χ1v) is 18.9. The molecule has 10 aromatic rings. The summed E-state index contributed by atoms with van der Waals surface area (Å²) in [4.78, 5) is 2.44. The summed E-state index contributed by atoms with van der Waals surface area (Å²) in [5.74, 6) is 0. The number of para-hydroxylation sites is 1. The number of rotatable bonds is 7. The van der Waals surface area contributed by atoms with E-state index < -0.39 is 0 Å². The van der Waals surface area contributed by atoms with Crippen molar-refractivity contribution in [1.82, 2.24) is 0 Å². The molecule has 0 aliphatic rings. The van der Waals surface area contributed by atoms with Gasteiger partial charge in [-0.1, -0.05) is 188 Å². The summed E-state index contributed by atoms with van der Waals surface area (Å²) in [5, 5.41) is 7.46. The van der Waals surface area contributed by atoms with Crippen LogP contribution in [-0.4, -0.2) is 0 Å². The highest BCUT2D eigenvalue weighted by molar-refractivity contribution is 6.09. The van der Waals surface area contributed by atoms with E-state index in [1.807, 2.05) is 0 Å². The van der Waals surface area contributed by atoms with Crippen molar-refractivity contribution in [3.8, 4) is 44.5 Å². The van der Waals surface area contributed by atoms with E-state index in [4.69, 9.17) is 0 Å². The Kier molecular flexibility index (Phi) is 8.24. The Hall–Kier alpha value is -7.22. The van der Waals surface area contributed by atoms with Gasteiger partial charge in [-0.15, -0.1) is 0 Å². The molecular formula is C54H37N. The van der Waals surface area contributed by atoms with Crippen LogP contribution in [-0.2, 0) is 0 Å². The van der Waals surface area contributed by atoms with E-state index in [2.05, 4.69) is 229 Å². The minimum atomic E-state index is 1.10. The lowest BCUT2D eigenvalue weighted by Crippen LogP contribution is -2.11. The summed E-state index contributed by atoms with van der Waals surface area (Å²) in [7, 11) is 0. The van der Waals surface area contributed by atoms with Crippen LogP contribution >= 0.6 is 0 Å². The van der Waals surface area contributed by atoms with E-state index in [-0.39, 0.29) is 0 Å². The van der Waals surface area contributed by atoms with Gasteiger partial charge < -0.3 is 4.90 Å². The third kappa shape index (κ3) is 6.12. The third-order valence-electron chi connectivity index (χ3n) is 10.8. The van der Waals surface area contributed by atoms with E-state index in [0.29, 0.717) is 0 Å². The standard InChI is InChI=1S/C54H37N/c1-3-14-40(15-4-1)50-34-33-48(37-52(50)41-16-5-2-6-17-41)55(47-32-31-44-29-28-42-18-9-10-20-49(42)53(44)36-47)54-22-12-11-21-51(54)43-26-23-39(24-27-43)46-30-25-38-13-7-8-19-45(38)35-46/h1-37H. The summed E-state index contributed by atoms with van der Waals surface area (Å²) in [5.41, 5.74) is 12.9. The van der Waals surface area contributed by atoms with Crippen LogP contribution in [0.25, 0.3) is 76.8 Å². The fourth-order valence-electron chi connectivity index (χ4n) is 8.08. The van der Waals surface area contributed by atoms with Crippen molar-refractivity contribution in [2.24, 2.45) is 0 Å². The first kappa shape index (κ1) is 32.4. The van der Waals surface area contributed by atoms with E-state index in [9.17, 15) is 0 Å². The fourth-order valence-corrected chi connectivity index (χ4v) is 8.08. The minimum absolute atomic E-state index is 1.10. The Labute approximate surface area is 322 Å². The molecule has 0 atom stereocenters. The van der Waals surface area contributed by atoms with E-state index in [0.717, 1.165) is 17.1 Å². The molecule has 0 N–H and O–H groups in total. The van der Waals surface area contributed by atoms with Gasteiger partial charge >= 0.3 is 0 Å². The van der Waals surface area contributed by atoms with Crippen LogP contribution < -0.4 is 4.90 Å². The Balaban J connectivity index is 1.16. The van der Waals surface area contributed by atoms with Crippen molar-refractivity contribution in [2.45, 2.75) is 0 Å². The Morgan fingerprint density at radius 3 is 1.53 bits per heavy atom. The molecule has 1 heteroatoms. The molecule has 10 aromatic carbocycles. The van der Waals surface area contributed by atoms with Crippen LogP contribution in [0.5, 0.6) is 0 Å². The van der Waals surface area contributed by atoms with Gasteiger partial charge in [0.25, 0.3) is 0 Å². The molecule has 258 valence electrons. The summed E-state index contributed by atoms with van der Waals surface area (Å²) in [6, 6.07) is 81.6. The summed E-state index contributed by atoms with van der Waals surface area (Å²) in [6.07, 6.45) is 0. The zero-order valence-corrected chi connectivity index (χ0v) is 30.3. The van der Waals surface area contributed by atoms with Crippen LogP contribution in [0.15, 0.2) is 224 Å². The summed E-state index contributed by atoms with van der Waals surface area (Å²) >= 11 is 0. The lowest BCUT2D eigenvalue weighted by atomic mass is 9.93. The van der Waals surface area contributed by atoms with Crippen molar-refractivity contribution in [1.29, 1.82) is 0 Å². The lowest BCUT2D eigenvalue weighted by molar-refractivity contribution is 1.29. The second-order valence-electron chi connectivity index (χ2n) is 14.1. The number of fused-ring (bicyclic) bond motifs is 4. The molecule has 0 fully saturated rings. The number of nitrogens with zero attached hydrogens (tertiary/aromatic N) is 1. The smallest absolute Gasteiger partial charge is 0.0540 e. The largest absolute Gasteiger partial charge is 0.310 e. The van der Waals surface area contributed by atoms with Crippen LogP contribution in [0, 0.1) is 0 Å². The van der Waals surface area contributed by atoms with Crippen molar-refractivity contribution in [2.75, 3.05) is 4.90 Å². The molecule has 0 bridgehead atoms. The van der Waals surface area contributed by atoms with Gasteiger partial charge in [-0.3, -0.25) is 0 Å². The highest BCUT2D eigenvalue weighted by atomic mass is 15.1. The quantitative estimate of drug-likeness (QED) is 0.150. The van der Waals surface area contributed by atoms with Gasteiger partial charge in [0.2, 0.25) is 0 Å². The number of anilines is 3. The van der Waals surface area contributed by atoms with Gasteiger partial charge in [0.1, 0.15) is 0 Å². The molecule has 0 radical (unpaired) electrons. The SMILES string of the molecule is c1ccc(-c2ccc(N(c3ccc4ccc5ccccc5c4c3)c3ccccc3-c3ccc(-c4ccc5ccccc5c4)cc3)cc2-c2ccccc2)cc1. The number of hydrogen-bond donors (Lipinski definition) is 0. The van der Waals surface area contributed by atoms with Crippen molar-refractivity contribution in [3.63, 3.8) is 0 Å². The third-order valence-corrected chi connectivity index (χ3v) is 10.8. The molecule has 0 amide bonds.